The minimum Gasteiger partial charge on any atom is -0.504 e. The molecule has 0 bridgehead atoms. The predicted molar refractivity (Wildman–Crippen MR) is 79.0 cm³/mol. The molecule has 0 aliphatic heterocycles. The SMILES string of the molecule is CCCCc1cc(Cl)c(CCCC)c(O)c1OC(=O)O. The van der Waals surface area contributed by atoms with Crippen LogP contribution in [0.15, 0.2) is 6.07 Å². The third-order valence-corrected chi connectivity index (χ3v) is 3.49. The summed E-state index contributed by atoms with van der Waals surface area (Å²) in [4.78, 5) is 10.8. The van der Waals surface area contributed by atoms with E-state index in [0.717, 1.165) is 25.7 Å². The first-order chi connectivity index (χ1) is 9.51. The van der Waals surface area contributed by atoms with Gasteiger partial charge in [0.15, 0.2) is 11.5 Å². The smallest absolute Gasteiger partial charge is 0.504 e. The van der Waals surface area contributed by atoms with Crippen molar-refractivity contribution in [1.82, 2.24) is 0 Å². The molecule has 0 saturated heterocycles. The fraction of sp³-hybridized carbons (Fsp3) is 0.533. The van der Waals surface area contributed by atoms with E-state index < -0.39 is 6.16 Å². The van der Waals surface area contributed by atoms with E-state index in [1.165, 1.54) is 0 Å². The Bertz CT molecular complexity index is 471. The second-order valence-corrected chi connectivity index (χ2v) is 5.16. The Hall–Kier alpha value is -1.42. The molecule has 5 heteroatoms. The molecule has 0 aliphatic rings. The van der Waals surface area contributed by atoms with E-state index in [2.05, 4.69) is 0 Å². The summed E-state index contributed by atoms with van der Waals surface area (Å²) in [6.45, 7) is 4.07. The standard InChI is InChI=1S/C15H21ClO4/c1-3-5-7-10-9-12(16)11(8-6-4-2)13(17)14(10)20-15(18)19/h9,17H,3-8H2,1-2H3,(H,18,19). The quantitative estimate of drug-likeness (QED) is 0.561. The van der Waals surface area contributed by atoms with Crippen LogP contribution in [-0.2, 0) is 12.8 Å². The molecule has 20 heavy (non-hydrogen) atoms. The van der Waals surface area contributed by atoms with Crippen LogP contribution in [0.5, 0.6) is 11.5 Å². The van der Waals surface area contributed by atoms with Crippen LogP contribution >= 0.6 is 11.6 Å². The summed E-state index contributed by atoms with van der Waals surface area (Å²) in [5.74, 6) is -0.110. The largest absolute Gasteiger partial charge is 0.511 e. The van der Waals surface area contributed by atoms with Crippen LogP contribution in [0, 0.1) is 0 Å². The maximum Gasteiger partial charge on any atom is 0.511 e. The van der Waals surface area contributed by atoms with Gasteiger partial charge in [0.2, 0.25) is 0 Å². The molecule has 0 radical (unpaired) electrons. The van der Waals surface area contributed by atoms with Crippen molar-refractivity contribution in [3.63, 3.8) is 0 Å². The van der Waals surface area contributed by atoms with Gasteiger partial charge in [-0.1, -0.05) is 38.3 Å². The summed E-state index contributed by atoms with van der Waals surface area (Å²) in [7, 11) is 0. The number of aryl methyl sites for hydroxylation is 1. The molecule has 0 amide bonds. The van der Waals surface area contributed by atoms with Crippen LogP contribution in [0.4, 0.5) is 4.79 Å². The molecular formula is C15H21ClO4. The number of benzene rings is 1. The van der Waals surface area contributed by atoms with E-state index in [0.29, 0.717) is 29.0 Å². The Morgan fingerprint density at radius 1 is 1.25 bits per heavy atom. The van der Waals surface area contributed by atoms with Crippen LogP contribution < -0.4 is 4.74 Å². The fourth-order valence-corrected chi connectivity index (χ4v) is 2.37. The van der Waals surface area contributed by atoms with Gasteiger partial charge in [-0.2, -0.15) is 0 Å². The number of carboxylic acid groups (broad SMARTS) is 1. The van der Waals surface area contributed by atoms with Gasteiger partial charge in [-0.3, -0.25) is 0 Å². The molecule has 1 aromatic carbocycles. The molecule has 0 spiro atoms. The van der Waals surface area contributed by atoms with Gasteiger partial charge in [-0.05, 0) is 31.7 Å². The van der Waals surface area contributed by atoms with Gasteiger partial charge in [0.1, 0.15) is 0 Å². The molecule has 0 saturated carbocycles. The summed E-state index contributed by atoms with van der Waals surface area (Å²) in [5, 5.41) is 19.5. The minimum atomic E-state index is -1.43. The van der Waals surface area contributed by atoms with Crippen molar-refractivity contribution < 1.29 is 19.7 Å². The van der Waals surface area contributed by atoms with E-state index in [4.69, 9.17) is 21.4 Å². The highest BCUT2D eigenvalue weighted by molar-refractivity contribution is 6.31. The van der Waals surface area contributed by atoms with Crippen molar-refractivity contribution in [2.75, 3.05) is 0 Å². The highest BCUT2D eigenvalue weighted by Gasteiger charge is 2.19. The molecule has 4 nitrogen and oxygen atoms in total. The monoisotopic (exact) mass is 300 g/mol. The first kappa shape index (κ1) is 16.6. The molecule has 0 heterocycles. The van der Waals surface area contributed by atoms with Crippen LogP contribution in [0.1, 0.15) is 50.7 Å². The van der Waals surface area contributed by atoms with E-state index >= 15 is 0 Å². The number of phenolic OH excluding ortho intramolecular Hbond substituents is 1. The van der Waals surface area contributed by atoms with E-state index in [1.807, 2.05) is 13.8 Å². The number of hydrogen-bond donors (Lipinski definition) is 2. The third-order valence-electron chi connectivity index (χ3n) is 3.15. The molecule has 1 aromatic rings. The first-order valence-electron chi connectivity index (χ1n) is 6.95. The topological polar surface area (TPSA) is 66.8 Å². The van der Waals surface area contributed by atoms with E-state index in [9.17, 15) is 9.90 Å². The Kier molecular flexibility index (Phi) is 6.65. The molecule has 2 N–H and O–H groups in total. The molecule has 0 atom stereocenters. The second-order valence-electron chi connectivity index (χ2n) is 4.75. The lowest BCUT2D eigenvalue weighted by molar-refractivity contribution is 0.142. The van der Waals surface area contributed by atoms with Crippen LogP contribution in [0.2, 0.25) is 5.02 Å². The highest BCUT2D eigenvalue weighted by Crippen LogP contribution is 2.40. The van der Waals surface area contributed by atoms with Crippen LogP contribution in [0.25, 0.3) is 0 Å². The number of unbranched alkanes of at least 4 members (excludes halogenated alkanes) is 2. The lowest BCUT2D eigenvalue weighted by Gasteiger charge is -2.15. The molecule has 0 fully saturated rings. The first-order valence-corrected chi connectivity index (χ1v) is 7.33. The van der Waals surface area contributed by atoms with Crippen molar-refractivity contribution in [2.45, 2.75) is 52.4 Å². The second kappa shape index (κ2) is 8.00. The number of hydrogen-bond acceptors (Lipinski definition) is 3. The molecule has 112 valence electrons. The number of rotatable bonds is 7. The maximum absolute atomic E-state index is 10.8. The average molecular weight is 301 g/mol. The van der Waals surface area contributed by atoms with E-state index in [1.54, 1.807) is 6.07 Å². The summed E-state index contributed by atoms with van der Waals surface area (Å²) in [5.41, 5.74) is 1.20. The van der Waals surface area contributed by atoms with Crippen molar-refractivity contribution in [3.8, 4) is 11.5 Å². The van der Waals surface area contributed by atoms with Crippen molar-refractivity contribution >= 4 is 17.8 Å². The lowest BCUT2D eigenvalue weighted by atomic mass is 10.0. The average Bonchev–Trinajstić information content (AvgIpc) is 2.39. The fourth-order valence-electron chi connectivity index (χ4n) is 2.05. The number of phenols is 1. The van der Waals surface area contributed by atoms with E-state index in [-0.39, 0.29) is 11.5 Å². The Morgan fingerprint density at radius 2 is 1.85 bits per heavy atom. The number of carbonyl (C=O) groups is 1. The van der Waals surface area contributed by atoms with Gasteiger partial charge in [0.05, 0.1) is 0 Å². The molecule has 0 aromatic heterocycles. The van der Waals surface area contributed by atoms with Gasteiger partial charge in [0, 0.05) is 16.1 Å². The van der Waals surface area contributed by atoms with Crippen molar-refractivity contribution in [3.05, 3.63) is 22.2 Å². The van der Waals surface area contributed by atoms with Gasteiger partial charge in [-0.15, -0.1) is 0 Å². The normalized spacial score (nSPS) is 10.6. The van der Waals surface area contributed by atoms with Gasteiger partial charge < -0.3 is 14.9 Å². The predicted octanol–water partition coefficient (Wildman–Crippen LogP) is 4.79. The third kappa shape index (κ3) is 4.30. The molecule has 1 rings (SSSR count). The molecular weight excluding hydrogens is 280 g/mol. The highest BCUT2D eigenvalue weighted by atomic mass is 35.5. The summed E-state index contributed by atoms with van der Waals surface area (Å²) in [6, 6.07) is 1.71. The number of halogens is 1. The maximum atomic E-state index is 10.8. The lowest BCUT2D eigenvalue weighted by Crippen LogP contribution is -2.07. The molecule has 0 unspecified atom stereocenters. The minimum absolute atomic E-state index is 0.0291. The van der Waals surface area contributed by atoms with Gasteiger partial charge in [0.25, 0.3) is 0 Å². The Labute approximate surface area is 124 Å². The zero-order valence-corrected chi connectivity index (χ0v) is 12.7. The van der Waals surface area contributed by atoms with Crippen LogP contribution in [-0.4, -0.2) is 16.4 Å². The van der Waals surface area contributed by atoms with Crippen molar-refractivity contribution in [2.24, 2.45) is 0 Å². The van der Waals surface area contributed by atoms with Gasteiger partial charge >= 0.3 is 6.16 Å². The summed E-state index contributed by atoms with van der Waals surface area (Å²) < 4.78 is 4.76. The van der Waals surface area contributed by atoms with Gasteiger partial charge in [-0.25, -0.2) is 4.79 Å². The Morgan fingerprint density at radius 3 is 2.40 bits per heavy atom. The molecule has 0 aliphatic carbocycles. The zero-order valence-electron chi connectivity index (χ0n) is 11.9. The van der Waals surface area contributed by atoms with Crippen LogP contribution in [0.3, 0.4) is 0 Å². The summed E-state index contributed by atoms with van der Waals surface area (Å²) in [6.07, 6.45) is 3.46. The summed E-state index contributed by atoms with van der Waals surface area (Å²) >= 11 is 6.19. The van der Waals surface area contributed by atoms with Crippen molar-refractivity contribution in [1.29, 1.82) is 0 Å². The zero-order chi connectivity index (χ0) is 15.1. The number of ether oxygens (including phenoxy) is 1. The number of aromatic hydroxyl groups is 1. The Balaban J connectivity index is 3.20.